The van der Waals surface area contributed by atoms with Gasteiger partial charge >= 0.3 is 0 Å². The average Bonchev–Trinajstić information content (AvgIpc) is 2.91. The van der Waals surface area contributed by atoms with E-state index < -0.39 is 14.6 Å². The molecule has 0 aromatic rings. The molecule has 1 N–H and O–H groups in total. The highest BCUT2D eigenvalue weighted by atomic mass is 32.2. The number of nitrogens with zero attached hydrogens (tertiary/aromatic N) is 3. The summed E-state index contributed by atoms with van der Waals surface area (Å²) in [4.78, 5) is 20.2. The number of hydrogen-bond acceptors (Lipinski definition) is 4. The number of rotatable bonds is 5. The molecule has 0 aromatic carbocycles. The SMILES string of the molecule is CCNC(=NCCCN1CCCC1=O)N1CCS(=O)(=O)C(C)(C)C1. The highest BCUT2D eigenvalue weighted by molar-refractivity contribution is 7.92. The van der Waals surface area contributed by atoms with Crippen molar-refractivity contribution in [3.05, 3.63) is 0 Å². The van der Waals surface area contributed by atoms with Crippen LogP contribution in [0, 0.1) is 0 Å². The summed E-state index contributed by atoms with van der Waals surface area (Å²) in [6.45, 7) is 9.47. The smallest absolute Gasteiger partial charge is 0.222 e. The van der Waals surface area contributed by atoms with Crippen LogP contribution in [-0.2, 0) is 14.6 Å². The van der Waals surface area contributed by atoms with Crippen molar-refractivity contribution in [1.29, 1.82) is 0 Å². The fourth-order valence-corrected chi connectivity index (χ4v) is 4.50. The second kappa shape index (κ2) is 7.72. The van der Waals surface area contributed by atoms with Crippen LogP contribution in [0.1, 0.15) is 40.0 Å². The van der Waals surface area contributed by atoms with Crippen LogP contribution in [0.5, 0.6) is 0 Å². The van der Waals surface area contributed by atoms with Gasteiger partial charge in [-0.05, 0) is 33.6 Å². The lowest BCUT2D eigenvalue weighted by Crippen LogP contribution is -2.57. The molecular formula is C16H30N4O3S. The molecule has 2 saturated heterocycles. The van der Waals surface area contributed by atoms with Crippen LogP contribution in [0.4, 0.5) is 0 Å². The summed E-state index contributed by atoms with van der Waals surface area (Å²) in [6.07, 6.45) is 2.46. The van der Waals surface area contributed by atoms with E-state index in [1.54, 1.807) is 13.8 Å². The number of aliphatic imine (C=N–C) groups is 1. The number of sulfone groups is 1. The third-order valence-corrected chi connectivity index (χ3v) is 7.23. The standard InChI is InChI=1S/C16H30N4O3S/c1-4-17-15(18-8-6-10-19-9-5-7-14(19)21)20-11-12-24(22,23)16(2,3)13-20/h4-13H2,1-3H3,(H,17,18). The predicted octanol–water partition coefficient (Wildman–Crippen LogP) is 0.473. The monoisotopic (exact) mass is 358 g/mol. The lowest BCUT2D eigenvalue weighted by atomic mass is 10.2. The van der Waals surface area contributed by atoms with Crippen LogP contribution in [0.25, 0.3) is 0 Å². The Hall–Kier alpha value is -1.31. The van der Waals surface area contributed by atoms with Gasteiger partial charge in [0.1, 0.15) is 0 Å². The molecule has 2 heterocycles. The lowest BCUT2D eigenvalue weighted by molar-refractivity contribution is -0.127. The van der Waals surface area contributed by atoms with Gasteiger partial charge < -0.3 is 15.1 Å². The first-order valence-corrected chi connectivity index (χ1v) is 10.5. The third kappa shape index (κ3) is 4.40. The van der Waals surface area contributed by atoms with E-state index >= 15 is 0 Å². The van der Waals surface area contributed by atoms with Crippen molar-refractivity contribution in [3.8, 4) is 0 Å². The topological polar surface area (TPSA) is 82.1 Å². The Kier molecular flexibility index (Phi) is 6.11. The predicted molar refractivity (Wildman–Crippen MR) is 95.8 cm³/mol. The number of hydrogen-bond donors (Lipinski definition) is 1. The molecule has 2 aliphatic heterocycles. The minimum atomic E-state index is -3.05. The largest absolute Gasteiger partial charge is 0.357 e. The fourth-order valence-electron chi connectivity index (χ4n) is 3.14. The van der Waals surface area contributed by atoms with Gasteiger partial charge in [-0.3, -0.25) is 9.79 Å². The number of carbonyl (C=O) groups is 1. The maximum atomic E-state index is 12.1. The number of guanidine groups is 1. The van der Waals surface area contributed by atoms with Crippen molar-refractivity contribution in [2.24, 2.45) is 4.99 Å². The molecule has 0 bridgehead atoms. The first-order chi connectivity index (χ1) is 11.3. The Morgan fingerprint density at radius 2 is 2.08 bits per heavy atom. The lowest BCUT2D eigenvalue weighted by Gasteiger charge is -2.39. The molecule has 24 heavy (non-hydrogen) atoms. The molecule has 0 aliphatic carbocycles. The molecule has 0 atom stereocenters. The summed E-state index contributed by atoms with van der Waals surface area (Å²) < 4.78 is 23.5. The van der Waals surface area contributed by atoms with Crippen molar-refractivity contribution in [3.63, 3.8) is 0 Å². The van der Waals surface area contributed by atoms with Gasteiger partial charge in [-0.2, -0.15) is 0 Å². The first-order valence-electron chi connectivity index (χ1n) is 8.80. The maximum Gasteiger partial charge on any atom is 0.222 e. The molecular weight excluding hydrogens is 328 g/mol. The second-order valence-electron chi connectivity index (χ2n) is 7.07. The highest BCUT2D eigenvalue weighted by Crippen LogP contribution is 2.23. The Bertz CT molecular complexity index is 586. The summed E-state index contributed by atoms with van der Waals surface area (Å²) in [5.41, 5.74) is 0. The number of amides is 1. The van der Waals surface area contributed by atoms with Crippen LogP contribution in [0.3, 0.4) is 0 Å². The Morgan fingerprint density at radius 1 is 1.33 bits per heavy atom. The van der Waals surface area contributed by atoms with Gasteiger partial charge in [-0.15, -0.1) is 0 Å². The molecule has 138 valence electrons. The van der Waals surface area contributed by atoms with E-state index in [2.05, 4.69) is 10.3 Å². The van der Waals surface area contributed by atoms with E-state index in [0.29, 0.717) is 26.1 Å². The minimum Gasteiger partial charge on any atom is -0.357 e. The molecule has 1 amide bonds. The van der Waals surface area contributed by atoms with Crippen LogP contribution < -0.4 is 5.32 Å². The van der Waals surface area contributed by atoms with Crippen LogP contribution >= 0.6 is 0 Å². The van der Waals surface area contributed by atoms with Crippen LogP contribution in [0.2, 0.25) is 0 Å². The van der Waals surface area contributed by atoms with Gasteiger partial charge in [0, 0.05) is 45.7 Å². The summed E-state index contributed by atoms with van der Waals surface area (Å²) in [6, 6.07) is 0. The van der Waals surface area contributed by atoms with Gasteiger partial charge in [0.2, 0.25) is 5.91 Å². The molecule has 8 heteroatoms. The van der Waals surface area contributed by atoms with Gasteiger partial charge in [-0.25, -0.2) is 8.42 Å². The Labute approximate surface area is 145 Å². The van der Waals surface area contributed by atoms with E-state index in [-0.39, 0.29) is 11.7 Å². The van der Waals surface area contributed by atoms with Gasteiger partial charge in [0.15, 0.2) is 15.8 Å². The number of carbonyl (C=O) groups excluding carboxylic acids is 1. The maximum absolute atomic E-state index is 12.1. The summed E-state index contributed by atoms with van der Waals surface area (Å²) in [5.74, 6) is 1.18. The summed E-state index contributed by atoms with van der Waals surface area (Å²) >= 11 is 0. The van der Waals surface area contributed by atoms with Crippen molar-refractivity contribution in [2.45, 2.75) is 44.8 Å². The van der Waals surface area contributed by atoms with Gasteiger partial charge in [0.25, 0.3) is 0 Å². The summed E-state index contributed by atoms with van der Waals surface area (Å²) in [7, 11) is -3.05. The zero-order valence-corrected chi connectivity index (χ0v) is 15.9. The van der Waals surface area contributed by atoms with Crippen molar-refractivity contribution >= 4 is 21.7 Å². The Balaban J connectivity index is 1.92. The molecule has 0 saturated carbocycles. The van der Waals surface area contributed by atoms with Crippen LogP contribution in [-0.4, -0.2) is 79.9 Å². The zero-order chi connectivity index (χ0) is 17.8. The van der Waals surface area contributed by atoms with E-state index in [1.807, 2.05) is 16.7 Å². The van der Waals surface area contributed by atoms with Gasteiger partial charge in [0.05, 0.1) is 10.5 Å². The average molecular weight is 359 g/mol. The van der Waals surface area contributed by atoms with Crippen LogP contribution in [0.15, 0.2) is 4.99 Å². The van der Waals surface area contributed by atoms with E-state index in [1.165, 1.54) is 0 Å². The molecule has 0 aromatic heterocycles. The molecule has 2 fully saturated rings. The molecule has 0 radical (unpaired) electrons. The van der Waals surface area contributed by atoms with Crippen molar-refractivity contribution in [2.75, 3.05) is 45.0 Å². The van der Waals surface area contributed by atoms with E-state index in [0.717, 1.165) is 38.4 Å². The third-order valence-electron chi connectivity index (χ3n) is 4.70. The molecule has 0 unspecified atom stereocenters. The quantitative estimate of drug-likeness (QED) is 0.439. The highest BCUT2D eigenvalue weighted by Gasteiger charge is 2.40. The van der Waals surface area contributed by atoms with E-state index in [9.17, 15) is 13.2 Å². The fraction of sp³-hybridized carbons (Fsp3) is 0.875. The second-order valence-corrected chi connectivity index (χ2v) is 9.82. The molecule has 0 spiro atoms. The molecule has 2 aliphatic rings. The number of nitrogens with one attached hydrogen (secondary N) is 1. The van der Waals surface area contributed by atoms with Crippen molar-refractivity contribution in [1.82, 2.24) is 15.1 Å². The van der Waals surface area contributed by atoms with Crippen molar-refractivity contribution < 1.29 is 13.2 Å². The molecule has 7 nitrogen and oxygen atoms in total. The normalized spacial score (nSPS) is 23.6. The minimum absolute atomic E-state index is 0.159. The Morgan fingerprint density at radius 3 is 2.67 bits per heavy atom. The van der Waals surface area contributed by atoms with Gasteiger partial charge in [-0.1, -0.05) is 0 Å². The molecule has 2 rings (SSSR count). The summed E-state index contributed by atoms with van der Waals surface area (Å²) in [5, 5.41) is 3.26. The number of likely N-dealkylation sites (tertiary alicyclic amines) is 1. The zero-order valence-electron chi connectivity index (χ0n) is 15.0. The first kappa shape index (κ1) is 19.0. The van der Waals surface area contributed by atoms with E-state index in [4.69, 9.17) is 0 Å².